The zero-order chi connectivity index (χ0) is 31.7. The maximum atomic E-state index is 12.7. The van der Waals surface area contributed by atoms with Gasteiger partial charge in [-0.05, 0) is 67.9 Å². The third-order valence-electron chi connectivity index (χ3n) is 9.00. The van der Waals surface area contributed by atoms with Gasteiger partial charge in [-0.15, -0.1) is 0 Å². The molecule has 0 N–H and O–H groups in total. The van der Waals surface area contributed by atoms with E-state index in [1.807, 2.05) is 9.80 Å². The van der Waals surface area contributed by atoms with Crippen molar-refractivity contribution in [2.45, 2.75) is 156 Å². The molecule has 0 aliphatic heterocycles. The minimum atomic E-state index is -0.00860. The zero-order valence-corrected chi connectivity index (χ0v) is 28.7. The molecule has 0 heterocycles. The van der Waals surface area contributed by atoms with Crippen LogP contribution in [0.5, 0.6) is 0 Å². The Balaban J connectivity index is 1.96. The maximum absolute atomic E-state index is 12.7. The first-order chi connectivity index (χ1) is 19.2. The summed E-state index contributed by atoms with van der Waals surface area (Å²) in [6.07, 6.45) is 6.00. The highest BCUT2D eigenvalue weighted by molar-refractivity contribution is 5.52. The maximum Gasteiger partial charge on any atom is 0.210 e. The van der Waals surface area contributed by atoms with Crippen molar-refractivity contribution in [2.24, 2.45) is 0 Å². The summed E-state index contributed by atoms with van der Waals surface area (Å²) in [7, 11) is 0. The Morgan fingerprint density at radius 2 is 0.786 bits per heavy atom. The molecule has 0 radical (unpaired) electrons. The first-order valence-corrected chi connectivity index (χ1v) is 16.0. The van der Waals surface area contributed by atoms with Gasteiger partial charge < -0.3 is 9.80 Å². The molecule has 0 bridgehead atoms. The Kier molecular flexibility index (Phi) is 10.1. The summed E-state index contributed by atoms with van der Waals surface area (Å²) in [5.41, 5.74) is 7.53. The second kappa shape index (κ2) is 12.5. The number of carbonyl (C=O) groups is 2. The lowest BCUT2D eigenvalue weighted by Crippen LogP contribution is -2.52. The SMILES string of the molecule is CC(C)(C)c1cc(CN(C=O)[C@@H]2CCCC[C@H]2N(C=O)Cc2cc(C(C)(C)C)cc(C(C)(C)C)c2)cc(C(C)(C)C)c1. The summed E-state index contributed by atoms with van der Waals surface area (Å²) in [6, 6.07) is 13.7. The average Bonchev–Trinajstić information content (AvgIpc) is 2.88. The van der Waals surface area contributed by atoms with Crippen molar-refractivity contribution < 1.29 is 9.59 Å². The number of carbonyl (C=O) groups excluding carboxylic acids is 2. The number of nitrogens with zero attached hydrogens (tertiary/aromatic N) is 2. The molecule has 4 nitrogen and oxygen atoms in total. The third-order valence-corrected chi connectivity index (χ3v) is 9.00. The van der Waals surface area contributed by atoms with Gasteiger partial charge in [-0.3, -0.25) is 9.59 Å². The van der Waals surface area contributed by atoms with Crippen molar-refractivity contribution in [3.8, 4) is 0 Å². The Hall–Kier alpha value is -2.62. The van der Waals surface area contributed by atoms with Crippen LogP contribution in [0.25, 0.3) is 0 Å². The quantitative estimate of drug-likeness (QED) is 0.296. The van der Waals surface area contributed by atoms with Gasteiger partial charge in [-0.25, -0.2) is 0 Å². The minimum Gasteiger partial charge on any atom is -0.336 e. The van der Waals surface area contributed by atoms with Crippen LogP contribution >= 0.6 is 0 Å². The molecule has 232 valence electrons. The Bertz CT molecular complexity index is 1070. The van der Waals surface area contributed by atoms with Crippen LogP contribution in [0, 0.1) is 0 Å². The highest BCUT2D eigenvalue weighted by Gasteiger charge is 2.34. The van der Waals surface area contributed by atoms with E-state index in [4.69, 9.17) is 0 Å². The van der Waals surface area contributed by atoms with Crippen LogP contribution < -0.4 is 0 Å². The molecule has 2 aromatic carbocycles. The molecule has 4 heteroatoms. The van der Waals surface area contributed by atoms with Crippen LogP contribution in [0.4, 0.5) is 0 Å². The molecule has 1 saturated carbocycles. The van der Waals surface area contributed by atoms with Gasteiger partial charge in [0, 0.05) is 13.1 Å². The van der Waals surface area contributed by atoms with Gasteiger partial charge in [0.2, 0.25) is 12.8 Å². The first-order valence-electron chi connectivity index (χ1n) is 16.0. The summed E-state index contributed by atoms with van der Waals surface area (Å²) in [6.45, 7) is 28.0. The van der Waals surface area contributed by atoms with E-state index in [1.54, 1.807) is 0 Å². The molecule has 0 unspecified atom stereocenters. The summed E-state index contributed by atoms with van der Waals surface area (Å²) < 4.78 is 0. The number of amides is 2. The average molecular weight is 575 g/mol. The molecular weight excluding hydrogens is 516 g/mol. The van der Waals surface area contributed by atoms with Gasteiger partial charge in [0.05, 0.1) is 12.1 Å². The molecule has 0 saturated heterocycles. The fourth-order valence-corrected chi connectivity index (χ4v) is 6.05. The molecule has 2 aromatic rings. The van der Waals surface area contributed by atoms with Gasteiger partial charge in [0.15, 0.2) is 0 Å². The minimum absolute atomic E-state index is 0.00860. The molecule has 0 aromatic heterocycles. The fourth-order valence-electron chi connectivity index (χ4n) is 6.05. The van der Waals surface area contributed by atoms with E-state index < -0.39 is 0 Å². The highest BCUT2D eigenvalue weighted by atomic mass is 16.1. The lowest BCUT2D eigenvalue weighted by atomic mass is 9.79. The van der Waals surface area contributed by atoms with E-state index >= 15 is 0 Å². The smallest absolute Gasteiger partial charge is 0.210 e. The van der Waals surface area contributed by atoms with Crippen LogP contribution in [0.2, 0.25) is 0 Å². The standard InChI is InChI=1S/C38H58N2O2/c1-35(2,3)29-17-27(18-30(21-29)36(4,5)6)23-39(25-41)33-15-13-14-16-34(33)40(26-42)24-28-19-31(37(7,8)9)22-32(20-28)38(10,11)12/h17-22,25-26,33-34H,13-16,23-24H2,1-12H3/t33-,34-/m1/s1. The van der Waals surface area contributed by atoms with Crippen molar-refractivity contribution in [1.82, 2.24) is 9.80 Å². The number of hydrogen-bond donors (Lipinski definition) is 0. The van der Waals surface area contributed by atoms with Crippen LogP contribution in [0.1, 0.15) is 142 Å². The first kappa shape index (κ1) is 33.9. The van der Waals surface area contributed by atoms with E-state index in [0.717, 1.165) is 49.6 Å². The van der Waals surface area contributed by atoms with Gasteiger partial charge in [0.25, 0.3) is 0 Å². The molecular formula is C38H58N2O2. The molecule has 42 heavy (non-hydrogen) atoms. The highest BCUT2D eigenvalue weighted by Crippen LogP contribution is 2.34. The van der Waals surface area contributed by atoms with Crippen molar-refractivity contribution >= 4 is 12.8 Å². The summed E-state index contributed by atoms with van der Waals surface area (Å²) in [5.74, 6) is 0. The topological polar surface area (TPSA) is 40.6 Å². The van der Waals surface area contributed by atoms with Crippen molar-refractivity contribution in [3.05, 3.63) is 69.8 Å². The Labute approximate surface area is 257 Å². The number of hydrogen-bond acceptors (Lipinski definition) is 2. The molecule has 0 spiro atoms. The lowest BCUT2D eigenvalue weighted by Gasteiger charge is -2.43. The van der Waals surface area contributed by atoms with E-state index in [1.165, 1.54) is 22.3 Å². The monoisotopic (exact) mass is 574 g/mol. The third kappa shape index (κ3) is 8.48. The van der Waals surface area contributed by atoms with Crippen LogP contribution in [-0.2, 0) is 44.3 Å². The second-order valence-electron chi connectivity index (χ2n) is 16.8. The van der Waals surface area contributed by atoms with Gasteiger partial charge >= 0.3 is 0 Å². The molecule has 2 amide bonds. The van der Waals surface area contributed by atoms with Crippen LogP contribution in [0.15, 0.2) is 36.4 Å². The van der Waals surface area contributed by atoms with Crippen LogP contribution in [-0.4, -0.2) is 34.7 Å². The Morgan fingerprint density at radius 1 is 0.524 bits per heavy atom. The van der Waals surface area contributed by atoms with E-state index in [2.05, 4.69) is 119 Å². The lowest BCUT2D eigenvalue weighted by molar-refractivity contribution is -0.129. The predicted molar refractivity (Wildman–Crippen MR) is 177 cm³/mol. The fraction of sp³-hybridized carbons (Fsp3) is 0.632. The van der Waals surface area contributed by atoms with Gasteiger partial charge in [-0.1, -0.05) is 132 Å². The normalized spacial score (nSPS) is 18.5. The predicted octanol–water partition coefficient (Wildman–Crippen LogP) is 8.80. The second-order valence-corrected chi connectivity index (χ2v) is 16.8. The van der Waals surface area contributed by atoms with E-state index in [9.17, 15) is 9.59 Å². The van der Waals surface area contributed by atoms with E-state index in [-0.39, 0.29) is 33.7 Å². The summed E-state index contributed by atoms with van der Waals surface area (Å²) >= 11 is 0. The van der Waals surface area contributed by atoms with Crippen LogP contribution in [0.3, 0.4) is 0 Å². The summed E-state index contributed by atoms with van der Waals surface area (Å²) in [4.78, 5) is 29.4. The van der Waals surface area contributed by atoms with Crippen molar-refractivity contribution in [2.75, 3.05) is 0 Å². The van der Waals surface area contributed by atoms with Crippen molar-refractivity contribution in [1.29, 1.82) is 0 Å². The Morgan fingerprint density at radius 3 is 1.00 bits per heavy atom. The molecule has 1 aliphatic carbocycles. The molecule has 2 atom stereocenters. The summed E-state index contributed by atoms with van der Waals surface area (Å²) in [5, 5.41) is 0. The molecule has 1 fully saturated rings. The zero-order valence-electron chi connectivity index (χ0n) is 28.7. The number of rotatable bonds is 8. The van der Waals surface area contributed by atoms with E-state index in [0.29, 0.717) is 13.1 Å². The molecule has 3 rings (SSSR count). The van der Waals surface area contributed by atoms with Gasteiger partial charge in [-0.2, -0.15) is 0 Å². The molecule has 1 aliphatic rings. The van der Waals surface area contributed by atoms with Crippen molar-refractivity contribution in [3.63, 3.8) is 0 Å². The number of benzene rings is 2. The largest absolute Gasteiger partial charge is 0.336 e. The van der Waals surface area contributed by atoms with Gasteiger partial charge in [0.1, 0.15) is 0 Å².